The molecule has 0 aromatic heterocycles. The van der Waals surface area contributed by atoms with Crippen LogP contribution in [0.1, 0.15) is 11.1 Å². The Labute approximate surface area is 79.6 Å². The summed E-state index contributed by atoms with van der Waals surface area (Å²) in [6, 6.07) is 8.26. The van der Waals surface area contributed by atoms with Gasteiger partial charge in [0.15, 0.2) is 0 Å². The van der Waals surface area contributed by atoms with Gasteiger partial charge in [-0.1, -0.05) is 49.1 Å². The number of rotatable bonds is 4. The summed E-state index contributed by atoms with van der Waals surface area (Å²) in [6.07, 6.45) is 6.70. The van der Waals surface area contributed by atoms with Crippen LogP contribution in [-0.2, 0) is 6.42 Å². The van der Waals surface area contributed by atoms with Crippen LogP contribution in [0.5, 0.6) is 0 Å². The maximum Gasteiger partial charge on any atom is -0.00365 e. The van der Waals surface area contributed by atoms with E-state index < -0.39 is 0 Å². The van der Waals surface area contributed by atoms with Crippen LogP contribution in [0.4, 0.5) is 0 Å². The number of hydrogen-bond acceptors (Lipinski definition) is 1. The van der Waals surface area contributed by atoms with Gasteiger partial charge in [-0.25, -0.2) is 0 Å². The second-order valence-corrected chi connectivity index (χ2v) is 2.83. The van der Waals surface area contributed by atoms with Gasteiger partial charge in [0.25, 0.3) is 0 Å². The van der Waals surface area contributed by atoms with Crippen molar-refractivity contribution in [3.8, 4) is 0 Å². The summed E-state index contributed by atoms with van der Waals surface area (Å²) in [7, 11) is 0. The number of allylic oxidation sites excluding steroid dienone is 2. The number of hydrogen-bond donors (Lipinski definition) is 1. The molecule has 13 heavy (non-hydrogen) atoms. The molecule has 1 rings (SSSR count). The highest BCUT2D eigenvalue weighted by Crippen LogP contribution is 2.10. The predicted molar refractivity (Wildman–Crippen MR) is 58.4 cm³/mol. The molecule has 1 aromatic carbocycles. The molecule has 0 atom stereocenters. The molecule has 0 fully saturated rings. The second kappa shape index (κ2) is 5.33. The van der Waals surface area contributed by atoms with Crippen molar-refractivity contribution in [3.05, 3.63) is 54.1 Å². The fourth-order valence-electron chi connectivity index (χ4n) is 1.25. The van der Waals surface area contributed by atoms with Crippen molar-refractivity contribution in [1.29, 1.82) is 0 Å². The molecule has 0 heterocycles. The van der Waals surface area contributed by atoms with Gasteiger partial charge in [-0.05, 0) is 24.1 Å². The van der Waals surface area contributed by atoms with Gasteiger partial charge in [0, 0.05) is 0 Å². The van der Waals surface area contributed by atoms with E-state index in [-0.39, 0.29) is 0 Å². The van der Waals surface area contributed by atoms with Crippen molar-refractivity contribution in [2.75, 3.05) is 6.54 Å². The summed E-state index contributed by atoms with van der Waals surface area (Å²) in [5.74, 6) is 0. The second-order valence-electron chi connectivity index (χ2n) is 2.83. The summed E-state index contributed by atoms with van der Waals surface area (Å²) in [6.45, 7) is 4.33. The van der Waals surface area contributed by atoms with Crippen molar-refractivity contribution >= 4 is 6.08 Å². The van der Waals surface area contributed by atoms with E-state index in [1.165, 1.54) is 11.1 Å². The largest absolute Gasteiger partial charge is 0.330 e. The summed E-state index contributed by atoms with van der Waals surface area (Å²) in [4.78, 5) is 0. The normalized spacial score (nSPS) is 10.5. The van der Waals surface area contributed by atoms with Crippen molar-refractivity contribution in [2.24, 2.45) is 5.73 Å². The molecule has 0 spiro atoms. The van der Waals surface area contributed by atoms with Gasteiger partial charge in [-0.15, -0.1) is 0 Å². The molecule has 0 amide bonds. The van der Waals surface area contributed by atoms with Crippen LogP contribution in [0, 0.1) is 0 Å². The van der Waals surface area contributed by atoms with Crippen LogP contribution in [-0.4, -0.2) is 6.54 Å². The van der Waals surface area contributed by atoms with E-state index in [4.69, 9.17) is 5.73 Å². The van der Waals surface area contributed by atoms with Gasteiger partial charge >= 0.3 is 0 Å². The lowest BCUT2D eigenvalue weighted by atomic mass is 10.0. The Hall–Kier alpha value is -1.34. The topological polar surface area (TPSA) is 26.0 Å². The van der Waals surface area contributed by atoms with Gasteiger partial charge in [0.1, 0.15) is 0 Å². The third-order valence-corrected chi connectivity index (χ3v) is 1.88. The number of benzene rings is 1. The fraction of sp³-hybridized carbons (Fsp3) is 0.167. The minimum Gasteiger partial charge on any atom is -0.330 e. The molecule has 0 saturated heterocycles. The third kappa shape index (κ3) is 2.88. The molecule has 1 heteroatoms. The lowest BCUT2D eigenvalue weighted by Gasteiger charge is -2.02. The van der Waals surface area contributed by atoms with Gasteiger partial charge in [-0.3, -0.25) is 0 Å². The molecule has 1 nitrogen and oxygen atoms in total. The van der Waals surface area contributed by atoms with E-state index in [0.717, 1.165) is 6.42 Å². The van der Waals surface area contributed by atoms with Crippen LogP contribution < -0.4 is 5.73 Å². The van der Waals surface area contributed by atoms with Gasteiger partial charge < -0.3 is 5.73 Å². The maximum atomic E-state index is 5.51. The Morgan fingerprint density at radius 2 is 2.08 bits per heavy atom. The van der Waals surface area contributed by atoms with Crippen LogP contribution in [0.3, 0.4) is 0 Å². The number of nitrogens with two attached hydrogens (primary N) is 1. The summed E-state index contributed by atoms with van der Waals surface area (Å²) < 4.78 is 0. The van der Waals surface area contributed by atoms with E-state index >= 15 is 0 Å². The average molecular weight is 173 g/mol. The third-order valence-electron chi connectivity index (χ3n) is 1.88. The molecule has 0 saturated carbocycles. The lowest BCUT2D eigenvalue weighted by molar-refractivity contribution is 0.966. The zero-order valence-electron chi connectivity index (χ0n) is 7.74. The van der Waals surface area contributed by atoms with Crippen LogP contribution >= 0.6 is 0 Å². The monoisotopic (exact) mass is 173 g/mol. The van der Waals surface area contributed by atoms with Crippen molar-refractivity contribution in [2.45, 2.75) is 6.42 Å². The molecule has 0 aliphatic carbocycles. The SMILES string of the molecule is C=CC=Cc1ccccc1CCN. The molecule has 68 valence electrons. The Morgan fingerprint density at radius 3 is 2.77 bits per heavy atom. The first-order chi connectivity index (χ1) is 6.38. The Balaban J connectivity index is 2.90. The minimum atomic E-state index is 0.693. The van der Waals surface area contributed by atoms with Crippen molar-refractivity contribution in [1.82, 2.24) is 0 Å². The molecular formula is C12H15N. The zero-order chi connectivity index (χ0) is 9.52. The van der Waals surface area contributed by atoms with Gasteiger partial charge in [0.2, 0.25) is 0 Å². The standard InChI is InChI=1S/C12H15N/c1-2-3-6-11-7-4-5-8-12(11)9-10-13/h2-8H,1,9-10,13H2. The highest BCUT2D eigenvalue weighted by Gasteiger charge is 1.95. The van der Waals surface area contributed by atoms with Crippen LogP contribution in [0.2, 0.25) is 0 Å². The van der Waals surface area contributed by atoms with Crippen LogP contribution in [0.25, 0.3) is 6.08 Å². The van der Waals surface area contributed by atoms with Gasteiger partial charge in [0.05, 0.1) is 0 Å². The first-order valence-corrected chi connectivity index (χ1v) is 4.45. The minimum absolute atomic E-state index is 0.693. The molecular weight excluding hydrogens is 158 g/mol. The highest BCUT2D eigenvalue weighted by molar-refractivity contribution is 5.55. The van der Waals surface area contributed by atoms with E-state index in [9.17, 15) is 0 Å². The predicted octanol–water partition coefficient (Wildman–Crippen LogP) is 2.39. The first kappa shape index (κ1) is 9.75. The Kier molecular flexibility index (Phi) is 4.00. The Morgan fingerprint density at radius 1 is 1.31 bits per heavy atom. The molecule has 0 unspecified atom stereocenters. The highest BCUT2D eigenvalue weighted by atomic mass is 14.5. The maximum absolute atomic E-state index is 5.51. The molecule has 0 aliphatic rings. The lowest BCUT2D eigenvalue weighted by Crippen LogP contribution is -2.03. The van der Waals surface area contributed by atoms with Crippen molar-refractivity contribution < 1.29 is 0 Å². The zero-order valence-corrected chi connectivity index (χ0v) is 7.74. The van der Waals surface area contributed by atoms with Crippen LogP contribution in [0.15, 0.2) is 43.0 Å². The fourth-order valence-corrected chi connectivity index (χ4v) is 1.25. The molecule has 0 radical (unpaired) electrons. The molecule has 0 bridgehead atoms. The first-order valence-electron chi connectivity index (χ1n) is 4.45. The summed E-state index contributed by atoms with van der Waals surface area (Å²) in [5.41, 5.74) is 8.04. The smallest absolute Gasteiger partial charge is 0.00365 e. The van der Waals surface area contributed by atoms with E-state index in [1.807, 2.05) is 18.2 Å². The molecule has 2 N–H and O–H groups in total. The van der Waals surface area contributed by atoms with E-state index in [2.05, 4.69) is 24.8 Å². The molecule has 0 aliphatic heterocycles. The summed E-state index contributed by atoms with van der Waals surface area (Å²) in [5, 5.41) is 0. The van der Waals surface area contributed by atoms with Crippen molar-refractivity contribution in [3.63, 3.8) is 0 Å². The van der Waals surface area contributed by atoms with E-state index in [0.29, 0.717) is 6.54 Å². The van der Waals surface area contributed by atoms with E-state index in [1.54, 1.807) is 6.08 Å². The molecule has 1 aromatic rings. The average Bonchev–Trinajstić information content (AvgIpc) is 2.17. The Bertz CT molecular complexity index is 300. The quantitative estimate of drug-likeness (QED) is 0.695. The summed E-state index contributed by atoms with van der Waals surface area (Å²) >= 11 is 0. The van der Waals surface area contributed by atoms with Gasteiger partial charge in [-0.2, -0.15) is 0 Å².